The number of rotatable bonds is 5. The molecule has 1 aliphatic carbocycles. The first-order valence-corrected chi connectivity index (χ1v) is 10.1. The average Bonchev–Trinajstić information content (AvgIpc) is 3.48. The van der Waals surface area contributed by atoms with Crippen molar-refractivity contribution in [3.63, 3.8) is 0 Å². The summed E-state index contributed by atoms with van der Waals surface area (Å²) in [6.45, 7) is 6.51. The maximum absolute atomic E-state index is 11.5. The van der Waals surface area contributed by atoms with Crippen LogP contribution in [0.15, 0.2) is 30.3 Å². The first-order chi connectivity index (χ1) is 14.4. The van der Waals surface area contributed by atoms with E-state index in [1.807, 2.05) is 43.4 Å². The Labute approximate surface area is 173 Å². The highest BCUT2D eigenvalue weighted by atomic mass is 16.5. The van der Waals surface area contributed by atoms with E-state index < -0.39 is 5.97 Å². The number of imidazole rings is 1. The number of benzene rings is 1. The molecule has 0 bridgehead atoms. The van der Waals surface area contributed by atoms with E-state index in [0.717, 1.165) is 33.5 Å². The molecule has 152 valence electrons. The van der Waals surface area contributed by atoms with E-state index in [-0.39, 0.29) is 5.56 Å². The summed E-state index contributed by atoms with van der Waals surface area (Å²) in [6, 6.07) is 8.85. The number of fused-ring (bicyclic) bond motifs is 3. The molecule has 1 fully saturated rings. The summed E-state index contributed by atoms with van der Waals surface area (Å²) in [5.41, 5.74) is 5.86. The zero-order valence-electron chi connectivity index (χ0n) is 17.1. The summed E-state index contributed by atoms with van der Waals surface area (Å²) in [7, 11) is 0. The van der Waals surface area contributed by atoms with Gasteiger partial charge in [-0.3, -0.25) is 4.40 Å². The summed E-state index contributed by atoms with van der Waals surface area (Å²) >= 11 is 0. The normalized spacial score (nSPS) is 13.8. The molecular weight excluding hydrogens is 380 g/mol. The van der Waals surface area contributed by atoms with Gasteiger partial charge < -0.3 is 9.84 Å². The Morgan fingerprint density at radius 3 is 2.60 bits per heavy atom. The molecule has 0 spiro atoms. The lowest BCUT2D eigenvalue weighted by molar-refractivity contribution is 0.0697. The Hall–Kier alpha value is -3.48. The van der Waals surface area contributed by atoms with Crippen LogP contribution >= 0.6 is 0 Å². The largest absolute Gasteiger partial charge is 0.478 e. The van der Waals surface area contributed by atoms with Gasteiger partial charge in [-0.25, -0.2) is 14.8 Å². The van der Waals surface area contributed by atoms with Crippen LogP contribution in [0.5, 0.6) is 5.88 Å². The summed E-state index contributed by atoms with van der Waals surface area (Å²) in [5, 5.41) is 9.46. The van der Waals surface area contributed by atoms with Gasteiger partial charge in [0.05, 0.1) is 29.1 Å². The number of ether oxygens (including phenoxy) is 1. The number of carbonyl (C=O) groups is 1. The smallest absolute Gasteiger partial charge is 0.335 e. The lowest BCUT2D eigenvalue weighted by atomic mass is 10.0. The maximum Gasteiger partial charge on any atom is 0.335 e. The van der Waals surface area contributed by atoms with Crippen molar-refractivity contribution in [2.45, 2.75) is 33.6 Å². The Morgan fingerprint density at radius 2 is 1.87 bits per heavy atom. The number of carboxylic acid groups (broad SMARTS) is 1. The topological polar surface area (TPSA) is 89.6 Å². The zero-order chi connectivity index (χ0) is 21.0. The predicted octanol–water partition coefficient (Wildman–Crippen LogP) is 4.36. The summed E-state index contributed by atoms with van der Waals surface area (Å²) in [6.07, 6.45) is 2.42. The molecule has 0 aliphatic heterocycles. The number of aromatic carboxylic acids is 1. The molecule has 4 aromatic rings. The predicted molar refractivity (Wildman–Crippen MR) is 113 cm³/mol. The van der Waals surface area contributed by atoms with Gasteiger partial charge in [0, 0.05) is 11.6 Å². The molecule has 0 saturated heterocycles. The van der Waals surface area contributed by atoms with Crippen molar-refractivity contribution < 1.29 is 14.6 Å². The van der Waals surface area contributed by atoms with E-state index in [9.17, 15) is 9.90 Å². The van der Waals surface area contributed by atoms with Gasteiger partial charge in [0.15, 0.2) is 5.65 Å². The number of aryl methyl sites for hydroxylation is 3. The number of carboxylic acids is 1. The van der Waals surface area contributed by atoms with Crippen molar-refractivity contribution in [3.05, 3.63) is 52.8 Å². The first-order valence-electron chi connectivity index (χ1n) is 10.1. The van der Waals surface area contributed by atoms with E-state index >= 15 is 0 Å². The molecule has 30 heavy (non-hydrogen) atoms. The van der Waals surface area contributed by atoms with Gasteiger partial charge in [-0.05, 0) is 63.3 Å². The Balaban J connectivity index is 1.78. The highest BCUT2D eigenvalue weighted by Crippen LogP contribution is 2.32. The van der Waals surface area contributed by atoms with Crippen molar-refractivity contribution in [1.82, 2.24) is 19.4 Å². The molecular formula is C23H22N4O3. The van der Waals surface area contributed by atoms with Crippen molar-refractivity contribution >= 4 is 22.6 Å². The lowest BCUT2D eigenvalue weighted by Gasteiger charge is -2.11. The molecule has 1 aromatic carbocycles. The van der Waals surface area contributed by atoms with Crippen molar-refractivity contribution in [3.8, 4) is 17.3 Å². The van der Waals surface area contributed by atoms with Gasteiger partial charge in [-0.2, -0.15) is 4.98 Å². The fourth-order valence-corrected chi connectivity index (χ4v) is 3.81. The molecule has 3 aromatic heterocycles. The van der Waals surface area contributed by atoms with E-state index in [0.29, 0.717) is 29.9 Å². The van der Waals surface area contributed by atoms with Crippen LogP contribution in [0.2, 0.25) is 0 Å². The van der Waals surface area contributed by atoms with Crippen LogP contribution in [0.4, 0.5) is 0 Å². The minimum atomic E-state index is -0.967. The fourth-order valence-electron chi connectivity index (χ4n) is 3.81. The number of nitrogens with zero attached hydrogens (tertiary/aromatic N) is 4. The SMILES string of the molecule is Cc1ccc(C(=O)O)cc1-c1nc(C)c2c(C)nc3ccc(OCC4CC4)nc3n12. The highest BCUT2D eigenvalue weighted by Gasteiger charge is 2.23. The quantitative estimate of drug-likeness (QED) is 0.534. The third kappa shape index (κ3) is 3.07. The average molecular weight is 402 g/mol. The van der Waals surface area contributed by atoms with E-state index in [4.69, 9.17) is 19.7 Å². The van der Waals surface area contributed by atoms with Crippen LogP contribution in [0, 0.1) is 26.7 Å². The molecule has 7 nitrogen and oxygen atoms in total. The molecule has 5 rings (SSSR count). The molecule has 7 heteroatoms. The van der Waals surface area contributed by atoms with Crippen molar-refractivity contribution in [1.29, 1.82) is 0 Å². The van der Waals surface area contributed by atoms with Crippen LogP contribution < -0.4 is 4.74 Å². The Bertz CT molecular complexity index is 1320. The van der Waals surface area contributed by atoms with Crippen molar-refractivity contribution in [2.75, 3.05) is 6.61 Å². The second-order valence-electron chi connectivity index (χ2n) is 7.98. The van der Waals surface area contributed by atoms with Crippen LogP contribution in [0.25, 0.3) is 28.1 Å². The summed E-state index contributed by atoms with van der Waals surface area (Å²) < 4.78 is 7.87. The first kappa shape index (κ1) is 18.5. The Kier molecular flexibility index (Phi) is 4.20. The highest BCUT2D eigenvalue weighted by molar-refractivity contribution is 5.90. The minimum absolute atomic E-state index is 0.224. The second kappa shape index (κ2) is 6.79. The monoisotopic (exact) mass is 402 g/mol. The standard InChI is InChI=1S/C23H22N4O3/c1-12-4-7-16(23(28)29)10-17(12)21-25-14(3)20-13(2)24-18-8-9-19(26-22(18)27(20)21)30-11-15-5-6-15/h4,7-10,15H,5-6,11H2,1-3H3,(H,28,29). The lowest BCUT2D eigenvalue weighted by Crippen LogP contribution is -2.04. The molecule has 0 amide bonds. The second-order valence-corrected chi connectivity index (χ2v) is 7.98. The summed E-state index contributed by atoms with van der Waals surface area (Å²) in [4.78, 5) is 25.8. The van der Waals surface area contributed by atoms with Gasteiger partial charge in [-0.15, -0.1) is 0 Å². The molecule has 3 heterocycles. The third-order valence-corrected chi connectivity index (χ3v) is 5.61. The van der Waals surface area contributed by atoms with Crippen LogP contribution in [0.1, 0.15) is 40.2 Å². The molecule has 1 aliphatic rings. The van der Waals surface area contributed by atoms with Gasteiger partial charge >= 0.3 is 5.97 Å². The van der Waals surface area contributed by atoms with E-state index in [2.05, 4.69) is 0 Å². The van der Waals surface area contributed by atoms with Gasteiger partial charge in [0.2, 0.25) is 5.88 Å². The number of aromatic nitrogens is 4. The van der Waals surface area contributed by atoms with E-state index in [1.54, 1.807) is 12.1 Å². The maximum atomic E-state index is 11.5. The minimum Gasteiger partial charge on any atom is -0.478 e. The third-order valence-electron chi connectivity index (χ3n) is 5.61. The van der Waals surface area contributed by atoms with Crippen LogP contribution in [-0.4, -0.2) is 37.0 Å². The van der Waals surface area contributed by atoms with E-state index in [1.165, 1.54) is 12.8 Å². The number of hydrogen-bond acceptors (Lipinski definition) is 5. The number of hydrogen-bond donors (Lipinski definition) is 1. The van der Waals surface area contributed by atoms with Gasteiger partial charge in [0.25, 0.3) is 0 Å². The molecule has 0 radical (unpaired) electrons. The number of pyridine rings is 1. The van der Waals surface area contributed by atoms with Gasteiger partial charge in [-0.1, -0.05) is 6.07 Å². The van der Waals surface area contributed by atoms with Crippen molar-refractivity contribution in [2.24, 2.45) is 5.92 Å². The van der Waals surface area contributed by atoms with Crippen LogP contribution in [-0.2, 0) is 0 Å². The molecule has 0 unspecified atom stereocenters. The molecule has 1 N–H and O–H groups in total. The Morgan fingerprint density at radius 1 is 1.10 bits per heavy atom. The molecule has 0 atom stereocenters. The fraction of sp³-hybridized carbons (Fsp3) is 0.304. The van der Waals surface area contributed by atoms with Gasteiger partial charge in [0.1, 0.15) is 11.3 Å². The van der Waals surface area contributed by atoms with Crippen LogP contribution in [0.3, 0.4) is 0 Å². The molecule has 1 saturated carbocycles. The summed E-state index contributed by atoms with van der Waals surface area (Å²) in [5.74, 6) is 0.886. The zero-order valence-corrected chi connectivity index (χ0v) is 17.1.